The van der Waals surface area contributed by atoms with Gasteiger partial charge >= 0.3 is 0 Å². The van der Waals surface area contributed by atoms with Gasteiger partial charge < -0.3 is 9.32 Å². The van der Waals surface area contributed by atoms with Crippen LogP contribution < -0.4 is 0 Å². The largest absolute Gasteiger partial charge is 0.420 e. The van der Waals surface area contributed by atoms with Gasteiger partial charge in [0.15, 0.2) is 0 Å². The van der Waals surface area contributed by atoms with Crippen LogP contribution in [-0.4, -0.2) is 34.7 Å². The van der Waals surface area contributed by atoms with Crippen molar-refractivity contribution in [1.82, 2.24) is 15.1 Å². The molecule has 4 rings (SSSR count). The molecule has 1 atom stereocenters. The highest BCUT2D eigenvalue weighted by atomic mass is 16.4. The van der Waals surface area contributed by atoms with Crippen LogP contribution in [0.2, 0.25) is 0 Å². The van der Waals surface area contributed by atoms with Gasteiger partial charge in [-0.2, -0.15) is 0 Å². The summed E-state index contributed by atoms with van der Waals surface area (Å²) in [4.78, 5) is 2.61. The summed E-state index contributed by atoms with van der Waals surface area (Å²) in [7, 11) is 0. The van der Waals surface area contributed by atoms with Crippen LogP contribution >= 0.6 is 0 Å². The lowest BCUT2D eigenvalue weighted by atomic mass is 9.89. The van der Waals surface area contributed by atoms with Crippen LogP contribution in [0, 0.1) is 12.8 Å². The second kappa shape index (κ2) is 7.06. The van der Waals surface area contributed by atoms with Crippen molar-refractivity contribution in [2.24, 2.45) is 5.92 Å². The van der Waals surface area contributed by atoms with E-state index in [1.807, 2.05) is 0 Å². The fourth-order valence-electron chi connectivity index (χ4n) is 4.15. The predicted molar refractivity (Wildman–Crippen MR) is 94.8 cm³/mol. The molecule has 1 aromatic carbocycles. The molecule has 1 saturated carbocycles. The first kappa shape index (κ1) is 15.8. The Hall–Kier alpha value is -1.68. The second-order valence-electron chi connectivity index (χ2n) is 7.56. The van der Waals surface area contributed by atoms with Crippen molar-refractivity contribution >= 4 is 0 Å². The fraction of sp³-hybridized carbons (Fsp3) is 0.600. The first-order valence-electron chi connectivity index (χ1n) is 9.41. The molecule has 4 nitrogen and oxygen atoms in total. The van der Waals surface area contributed by atoms with E-state index in [1.54, 1.807) is 0 Å². The third-order valence-corrected chi connectivity index (χ3v) is 5.60. The van der Waals surface area contributed by atoms with Crippen LogP contribution in [0.25, 0.3) is 11.5 Å². The number of hydrogen-bond acceptors (Lipinski definition) is 4. The molecule has 1 saturated heterocycles. The number of aromatic nitrogens is 2. The van der Waals surface area contributed by atoms with Gasteiger partial charge in [-0.1, -0.05) is 37.0 Å². The Balaban J connectivity index is 1.37. The molecule has 24 heavy (non-hydrogen) atoms. The number of benzene rings is 1. The molecule has 0 bridgehead atoms. The fourth-order valence-corrected chi connectivity index (χ4v) is 4.15. The van der Waals surface area contributed by atoms with Crippen molar-refractivity contribution in [2.45, 2.75) is 51.4 Å². The van der Waals surface area contributed by atoms with Crippen molar-refractivity contribution in [2.75, 3.05) is 19.6 Å². The van der Waals surface area contributed by atoms with Gasteiger partial charge in [0.1, 0.15) is 0 Å². The Kier molecular flexibility index (Phi) is 4.65. The maximum absolute atomic E-state index is 5.98. The summed E-state index contributed by atoms with van der Waals surface area (Å²) in [6.45, 7) is 5.59. The van der Waals surface area contributed by atoms with Gasteiger partial charge in [-0.15, -0.1) is 10.2 Å². The van der Waals surface area contributed by atoms with Gasteiger partial charge in [0, 0.05) is 18.7 Å². The minimum absolute atomic E-state index is 0.403. The Morgan fingerprint density at radius 2 is 1.83 bits per heavy atom. The van der Waals surface area contributed by atoms with Crippen LogP contribution in [0.3, 0.4) is 0 Å². The molecule has 0 amide bonds. The second-order valence-corrected chi connectivity index (χ2v) is 7.56. The molecule has 2 fully saturated rings. The molecule has 0 radical (unpaired) electrons. The Morgan fingerprint density at radius 3 is 2.62 bits per heavy atom. The zero-order valence-electron chi connectivity index (χ0n) is 14.6. The zero-order chi connectivity index (χ0) is 16.4. The predicted octanol–water partition coefficient (Wildman–Crippen LogP) is 4.41. The summed E-state index contributed by atoms with van der Waals surface area (Å²) >= 11 is 0. The Labute approximate surface area is 144 Å². The Morgan fingerprint density at radius 1 is 1.04 bits per heavy atom. The van der Waals surface area contributed by atoms with E-state index >= 15 is 0 Å². The van der Waals surface area contributed by atoms with Crippen molar-refractivity contribution in [3.05, 3.63) is 35.7 Å². The number of nitrogens with zero attached hydrogens (tertiary/aromatic N) is 3. The number of rotatable bonds is 4. The minimum Gasteiger partial charge on any atom is -0.420 e. The molecular weight excluding hydrogens is 298 g/mol. The van der Waals surface area contributed by atoms with E-state index in [0.29, 0.717) is 11.8 Å². The van der Waals surface area contributed by atoms with E-state index in [0.717, 1.165) is 30.3 Å². The lowest BCUT2D eigenvalue weighted by Gasteiger charge is -2.26. The summed E-state index contributed by atoms with van der Waals surface area (Å²) in [5.74, 6) is 2.77. The van der Waals surface area contributed by atoms with Crippen molar-refractivity contribution in [3.8, 4) is 11.5 Å². The molecular formula is C20H27N3O. The van der Waals surface area contributed by atoms with E-state index in [-0.39, 0.29) is 0 Å². The lowest BCUT2D eigenvalue weighted by Crippen LogP contribution is -2.28. The zero-order valence-corrected chi connectivity index (χ0v) is 14.6. The van der Waals surface area contributed by atoms with Gasteiger partial charge in [0.05, 0.1) is 5.92 Å². The molecule has 2 aliphatic rings. The van der Waals surface area contributed by atoms with Crippen molar-refractivity contribution in [1.29, 1.82) is 0 Å². The molecule has 1 aliphatic heterocycles. The minimum atomic E-state index is 0.403. The topological polar surface area (TPSA) is 42.2 Å². The molecule has 1 aromatic heterocycles. The van der Waals surface area contributed by atoms with Crippen LogP contribution in [0.5, 0.6) is 0 Å². The van der Waals surface area contributed by atoms with Gasteiger partial charge in [-0.25, -0.2) is 0 Å². The average Bonchev–Trinajstić information content (AvgIpc) is 3.26. The quantitative estimate of drug-likeness (QED) is 0.835. The number of likely N-dealkylation sites (tertiary alicyclic amines) is 1. The average molecular weight is 325 g/mol. The van der Waals surface area contributed by atoms with E-state index in [9.17, 15) is 0 Å². The Bertz CT molecular complexity index is 658. The van der Waals surface area contributed by atoms with E-state index in [4.69, 9.17) is 4.42 Å². The van der Waals surface area contributed by atoms with Crippen molar-refractivity contribution in [3.63, 3.8) is 0 Å². The van der Waals surface area contributed by atoms with E-state index in [1.165, 1.54) is 50.8 Å². The van der Waals surface area contributed by atoms with Gasteiger partial charge in [-0.3, -0.25) is 0 Å². The van der Waals surface area contributed by atoms with E-state index in [2.05, 4.69) is 46.3 Å². The highest BCUT2D eigenvalue weighted by Gasteiger charge is 2.29. The SMILES string of the molecule is Cc1ccc(-c2nnc([C@H]3CCN(CC4CCCCC4)C3)o2)cc1. The molecule has 128 valence electrons. The van der Waals surface area contributed by atoms with Crippen LogP contribution in [0.15, 0.2) is 28.7 Å². The highest BCUT2D eigenvalue weighted by Crippen LogP contribution is 2.31. The lowest BCUT2D eigenvalue weighted by molar-refractivity contribution is 0.230. The molecule has 2 heterocycles. The summed E-state index contributed by atoms with van der Waals surface area (Å²) in [6, 6.07) is 8.27. The summed E-state index contributed by atoms with van der Waals surface area (Å²) < 4.78 is 5.98. The summed E-state index contributed by atoms with van der Waals surface area (Å²) in [6.07, 6.45) is 8.25. The molecule has 2 aromatic rings. The summed E-state index contributed by atoms with van der Waals surface area (Å²) in [5.41, 5.74) is 2.25. The standard InChI is InChI=1S/C20H27N3O/c1-15-7-9-17(10-8-15)19-21-22-20(24-19)18-11-12-23(14-18)13-16-5-3-2-4-6-16/h7-10,16,18H,2-6,11-14H2,1H3/t18-/m0/s1. The van der Waals surface area contributed by atoms with Crippen LogP contribution in [0.4, 0.5) is 0 Å². The molecule has 0 N–H and O–H groups in total. The van der Waals surface area contributed by atoms with Gasteiger partial charge in [-0.05, 0) is 50.8 Å². The molecule has 4 heteroatoms. The highest BCUT2D eigenvalue weighted by molar-refractivity contribution is 5.52. The first-order chi connectivity index (χ1) is 11.8. The third-order valence-electron chi connectivity index (χ3n) is 5.60. The van der Waals surface area contributed by atoms with Crippen LogP contribution in [0.1, 0.15) is 55.9 Å². The first-order valence-corrected chi connectivity index (χ1v) is 9.41. The molecule has 1 aliphatic carbocycles. The normalized spacial score (nSPS) is 23.0. The summed E-state index contributed by atoms with van der Waals surface area (Å²) in [5, 5.41) is 8.60. The number of aryl methyl sites for hydroxylation is 1. The molecule has 0 spiro atoms. The number of hydrogen-bond donors (Lipinski definition) is 0. The van der Waals surface area contributed by atoms with Crippen molar-refractivity contribution < 1.29 is 4.42 Å². The van der Waals surface area contributed by atoms with Crippen LogP contribution in [-0.2, 0) is 0 Å². The maximum atomic E-state index is 5.98. The van der Waals surface area contributed by atoms with E-state index < -0.39 is 0 Å². The maximum Gasteiger partial charge on any atom is 0.247 e. The third kappa shape index (κ3) is 3.54. The van der Waals surface area contributed by atoms with Gasteiger partial charge in [0.2, 0.25) is 11.8 Å². The monoisotopic (exact) mass is 325 g/mol. The molecule has 0 unspecified atom stereocenters. The van der Waals surface area contributed by atoms with Gasteiger partial charge in [0.25, 0.3) is 0 Å². The smallest absolute Gasteiger partial charge is 0.247 e.